The van der Waals surface area contributed by atoms with E-state index in [4.69, 9.17) is 9.47 Å². The fourth-order valence-corrected chi connectivity index (χ4v) is 4.06. The quantitative estimate of drug-likeness (QED) is 0.625. The maximum atomic E-state index is 12.9. The van der Waals surface area contributed by atoms with Gasteiger partial charge in [-0.1, -0.05) is 24.3 Å². The van der Waals surface area contributed by atoms with Gasteiger partial charge in [0.05, 0.1) is 25.8 Å². The summed E-state index contributed by atoms with van der Waals surface area (Å²) < 4.78 is 10.6. The molecule has 0 aliphatic carbocycles. The van der Waals surface area contributed by atoms with Gasteiger partial charge < -0.3 is 19.7 Å². The third-order valence-corrected chi connectivity index (χ3v) is 5.84. The summed E-state index contributed by atoms with van der Waals surface area (Å²) in [5.74, 6) is 1.87. The second kappa shape index (κ2) is 9.68. The number of carbonyl (C=O) groups excluding carboxylic acids is 1. The van der Waals surface area contributed by atoms with Crippen molar-refractivity contribution >= 4 is 17.4 Å². The number of hydrogen-bond donors (Lipinski definition) is 1. The van der Waals surface area contributed by atoms with E-state index in [1.165, 1.54) is 5.56 Å². The maximum Gasteiger partial charge on any atom is 0.229 e. The lowest BCUT2D eigenvalue weighted by Crippen LogP contribution is -2.41. The molecule has 3 aromatic rings. The van der Waals surface area contributed by atoms with Crippen molar-refractivity contribution in [1.29, 1.82) is 0 Å². The van der Waals surface area contributed by atoms with Gasteiger partial charge in [0, 0.05) is 30.4 Å². The molecule has 1 amide bonds. The van der Waals surface area contributed by atoms with E-state index in [1.54, 1.807) is 26.4 Å². The molecule has 32 heavy (non-hydrogen) atoms. The van der Waals surface area contributed by atoms with Crippen LogP contribution in [0.4, 0.5) is 11.5 Å². The van der Waals surface area contributed by atoms with Crippen LogP contribution in [0, 0.1) is 12.8 Å². The molecule has 1 aliphatic rings. The van der Waals surface area contributed by atoms with Gasteiger partial charge in [-0.15, -0.1) is 10.2 Å². The highest BCUT2D eigenvalue weighted by Gasteiger charge is 2.27. The SMILES string of the molecule is COc1ccc(NC(=O)[C@H]2CCCN(c3ccc(-c4ccccc4C)nn3)C2)cc1OC. The van der Waals surface area contributed by atoms with Crippen molar-refractivity contribution in [2.24, 2.45) is 5.92 Å². The Morgan fingerprint density at radius 1 is 1.03 bits per heavy atom. The highest BCUT2D eigenvalue weighted by atomic mass is 16.5. The number of nitrogens with zero attached hydrogens (tertiary/aromatic N) is 3. The van der Waals surface area contributed by atoms with Crippen LogP contribution in [0.3, 0.4) is 0 Å². The molecule has 1 saturated heterocycles. The second-order valence-electron chi connectivity index (χ2n) is 7.94. The molecule has 1 aromatic heterocycles. The number of rotatable bonds is 6. The Morgan fingerprint density at radius 3 is 2.56 bits per heavy atom. The van der Waals surface area contributed by atoms with E-state index in [2.05, 4.69) is 39.5 Å². The lowest BCUT2D eigenvalue weighted by Gasteiger charge is -2.32. The molecule has 2 heterocycles. The zero-order valence-corrected chi connectivity index (χ0v) is 18.7. The maximum absolute atomic E-state index is 12.9. The normalized spacial score (nSPS) is 15.8. The smallest absolute Gasteiger partial charge is 0.229 e. The van der Waals surface area contributed by atoms with Gasteiger partial charge in [0.15, 0.2) is 17.3 Å². The molecular weight excluding hydrogens is 404 g/mol. The monoisotopic (exact) mass is 432 g/mol. The average molecular weight is 433 g/mol. The standard InChI is InChI=1S/C25H28N4O3/c1-17-7-4-5-9-20(17)21-11-13-24(28-27-21)29-14-6-8-18(16-29)25(30)26-19-10-12-22(31-2)23(15-19)32-3/h4-5,7,9-13,15,18H,6,8,14,16H2,1-3H3,(H,26,30)/t18-/m0/s1. The van der Waals surface area contributed by atoms with Gasteiger partial charge in [-0.3, -0.25) is 4.79 Å². The van der Waals surface area contributed by atoms with Crippen molar-refractivity contribution in [3.8, 4) is 22.8 Å². The van der Waals surface area contributed by atoms with Gasteiger partial charge in [0.25, 0.3) is 0 Å². The predicted octanol–water partition coefficient (Wildman–Crippen LogP) is 4.32. The number of amides is 1. The number of nitrogens with one attached hydrogen (secondary N) is 1. The Bertz CT molecular complexity index is 1080. The van der Waals surface area contributed by atoms with Crippen molar-refractivity contribution < 1.29 is 14.3 Å². The molecule has 7 nitrogen and oxygen atoms in total. The summed E-state index contributed by atoms with van der Waals surface area (Å²) in [6.07, 6.45) is 1.76. The summed E-state index contributed by atoms with van der Waals surface area (Å²) >= 11 is 0. The Balaban J connectivity index is 1.43. The number of anilines is 2. The molecule has 1 aliphatic heterocycles. The molecular formula is C25H28N4O3. The molecule has 1 fully saturated rings. The number of benzene rings is 2. The molecule has 166 valence electrons. The average Bonchev–Trinajstić information content (AvgIpc) is 2.84. The Hall–Kier alpha value is -3.61. The Labute approximate surface area is 188 Å². The van der Waals surface area contributed by atoms with E-state index < -0.39 is 0 Å². The third kappa shape index (κ3) is 4.66. The van der Waals surface area contributed by atoms with E-state index in [0.717, 1.165) is 36.5 Å². The van der Waals surface area contributed by atoms with Crippen LogP contribution in [0.2, 0.25) is 0 Å². The fourth-order valence-electron chi connectivity index (χ4n) is 4.06. The van der Waals surface area contributed by atoms with Gasteiger partial charge in [0.1, 0.15) is 0 Å². The van der Waals surface area contributed by atoms with Crippen LogP contribution in [0.5, 0.6) is 11.5 Å². The number of hydrogen-bond acceptors (Lipinski definition) is 6. The minimum atomic E-state index is -0.130. The molecule has 4 rings (SSSR count). The van der Waals surface area contributed by atoms with E-state index in [-0.39, 0.29) is 11.8 Å². The molecule has 0 bridgehead atoms. The predicted molar refractivity (Wildman–Crippen MR) is 125 cm³/mol. The number of aromatic nitrogens is 2. The lowest BCUT2D eigenvalue weighted by atomic mass is 9.97. The van der Waals surface area contributed by atoms with Crippen molar-refractivity contribution in [3.63, 3.8) is 0 Å². The molecule has 0 radical (unpaired) electrons. The first-order valence-electron chi connectivity index (χ1n) is 10.8. The largest absolute Gasteiger partial charge is 0.493 e. The third-order valence-electron chi connectivity index (χ3n) is 5.84. The first-order valence-corrected chi connectivity index (χ1v) is 10.8. The molecule has 0 saturated carbocycles. The highest BCUT2D eigenvalue weighted by molar-refractivity contribution is 5.93. The number of ether oxygens (including phenoxy) is 2. The summed E-state index contributed by atoms with van der Waals surface area (Å²) in [5, 5.41) is 11.9. The van der Waals surface area contributed by atoms with E-state index in [0.29, 0.717) is 23.7 Å². The zero-order valence-electron chi connectivity index (χ0n) is 18.7. The van der Waals surface area contributed by atoms with Gasteiger partial charge in [-0.2, -0.15) is 0 Å². The van der Waals surface area contributed by atoms with Gasteiger partial charge in [0.2, 0.25) is 5.91 Å². The first kappa shape index (κ1) is 21.6. The number of carbonyl (C=O) groups is 1. The summed E-state index contributed by atoms with van der Waals surface area (Å²) in [4.78, 5) is 15.1. The van der Waals surface area contributed by atoms with Gasteiger partial charge in [-0.25, -0.2) is 0 Å². The molecule has 0 unspecified atom stereocenters. The van der Waals surface area contributed by atoms with Crippen LogP contribution in [0.15, 0.2) is 54.6 Å². The zero-order chi connectivity index (χ0) is 22.5. The summed E-state index contributed by atoms with van der Waals surface area (Å²) in [6.45, 7) is 3.53. The molecule has 2 aromatic carbocycles. The van der Waals surface area contributed by atoms with Gasteiger partial charge in [-0.05, 0) is 49.6 Å². The molecule has 1 atom stereocenters. The Kier molecular flexibility index (Phi) is 6.54. The minimum absolute atomic E-state index is 0.00795. The second-order valence-corrected chi connectivity index (χ2v) is 7.94. The van der Waals surface area contributed by atoms with Crippen LogP contribution in [0.25, 0.3) is 11.3 Å². The van der Waals surface area contributed by atoms with Crippen LogP contribution in [-0.2, 0) is 4.79 Å². The fraction of sp³-hybridized carbons (Fsp3) is 0.320. The number of piperidine rings is 1. The van der Waals surface area contributed by atoms with E-state index in [9.17, 15) is 4.79 Å². The number of methoxy groups -OCH3 is 2. The van der Waals surface area contributed by atoms with Crippen LogP contribution in [0.1, 0.15) is 18.4 Å². The topological polar surface area (TPSA) is 76.6 Å². The minimum Gasteiger partial charge on any atom is -0.493 e. The lowest BCUT2D eigenvalue weighted by molar-refractivity contribution is -0.120. The highest BCUT2D eigenvalue weighted by Crippen LogP contribution is 2.31. The van der Waals surface area contributed by atoms with E-state index in [1.807, 2.05) is 30.3 Å². The van der Waals surface area contributed by atoms with E-state index >= 15 is 0 Å². The van der Waals surface area contributed by atoms with Crippen molar-refractivity contribution in [3.05, 3.63) is 60.2 Å². The van der Waals surface area contributed by atoms with Crippen LogP contribution in [-0.4, -0.2) is 43.4 Å². The summed E-state index contributed by atoms with van der Waals surface area (Å²) in [5.41, 5.74) is 3.79. The molecule has 0 spiro atoms. The van der Waals surface area contributed by atoms with Gasteiger partial charge >= 0.3 is 0 Å². The van der Waals surface area contributed by atoms with Crippen LogP contribution < -0.4 is 19.7 Å². The first-order chi connectivity index (χ1) is 15.6. The van der Waals surface area contributed by atoms with Crippen molar-refractivity contribution in [1.82, 2.24) is 10.2 Å². The van der Waals surface area contributed by atoms with Crippen molar-refractivity contribution in [2.45, 2.75) is 19.8 Å². The van der Waals surface area contributed by atoms with Crippen LogP contribution >= 0.6 is 0 Å². The summed E-state index contributed by atoms with van der Waals surface area (Å²) in [7, 11) is 3.16. The molecule has 1 N–H and O–H groups in total. The number of aryl methyl sites for hydroxylation is 1. The van der Waals surface area contributed by atoms with Crippen molar-refractivity contribution in [2.75, 3.05) is 37.5 Å². The summed E-state index contributed by atoms with van der Waals surface area (Å²) in [6, 6.07) is 17.5. The molecule has 7 heteroatoms. The Morgan fingerprint density at radius 2 is 1.84 bits per heavy atom.